The number of carbonyl (C=O) groups is 1. The monoisotopic (exact) mass is 393 g/mol. The molecule has 0 saturated carbocycles. The van der Waals surface area contributed by atoms with E-state index in [0.29, 0.717) is 18.0 Å². The molecule has 2 N–H and O–H groups in total. The summed E-state index contributed by atoms with van der Waals surface area (Å²) in [5.74, 6) is 0.831. The number of nitrogen functional groups attached to an aromatic ring is 1. The highest BCUT2D eigenvalue weighted by molar-refractivity contribution is 7.17. The number of carbonyl (C=O) groups excluding carboxylic acids is 1. The summed E-state index contributed by atoms with van der Waals surface area (Å²) in [6, 6.07) is 13.6. The maximum atomic E-state index is 13.3. The smallest absolute Gasteiger partial charge is 0.270 e. The highest BCUT2D eigenvalue weighted by Crippen LogP contribution is 2.35. The summed E-state index contributed by atoms with van der Waals surface area (Å²) in [7, 11) is 0. The number of anilines is 2. The van der Waals surface area contributed by atoms with Gasteiger partial charge in [-0.2, -0.15) is 0 Å². The van der Waals surface area contributed by atoms with E-state index in [1.807, 2.05) is 61.2 Å². The zero-order valence-electron chi connectivity index (χ0n) is 16.1. The van der Waals surface area contributed by atoms with Crippen molar-refractivity contribution in [3.8, 4) is 16.3 Å². The van der Waals surface area contributed by atoms with Gasteiger partial charge in [0.15, 0.2) is 0 Å². The number of nitrogens with two attached hydrogens (primary N) is 1. The molecule has 0 saturated heterocycles. The Kier molecular flexibility index (Phi) is 5.05. The van der Waals surface area contributed by atoms with Crippen LogP contribution < -0.4 is 15.4 Å². The summed E-state index contributed by atoms with van der Waals surface area (Å²) in [4.78, 5) is 20.5. The molecule has 1 aliphatic heterocycles. The molecular weight excluding hydrogens is 370 g/mol. The molecule has 4 rings (SSSR count). The molecule has 6 heteroatoms. The predicted molar refractivity (Wildman–Crippen MR) is 114 cm³/mol. The van der Waals surface area contributed by atoms with Gasteiger partial charge in [-0.25, -0.2) is 4.98 Å². The maximum Gasteiger partial charge on any atom is 0.270 e. The van der Waals surface area contributed by atoms with Crippen LogP contribution in [0.25, 0.3) is 10.6 Å². The van der Waals surface area contributed by atoms with Gasteiger partial charge in [0, 0.05) is 23.5 Å². The molecule has 3 aromatic rings. The first kappa shape index (κ1) is 18.5. The lowest BCUT2D eigenvalue weighted by Crippen LogP contribution is -2.35. The van der Waals surface area contributed by atoms with Crippen LogP contribution >= 0.6 is 11.3 Å². The molecule has 0 fully saturated rings. The molecule has 1 amide bonds. The van der Waals surface area contributed by atoms with Gasteiger partial charge in [0.1, 0.15) is 15.6 Å². The molecule has 144 valence electrons. The summed E-state index contributed by atoms with van der Waals surface area (Å²) in [5, 5.41) is 0.841. The molecule has 28 heavy (non-hydrogen) atoms. The lowest BCUT2D eigenvalue weighted by molar-refractivity contribution is 0.0988. The largest absolute Gasteiger partial charge is 0.494 e. The molecule has 0 spiro atoms. The Labute approximate surface area is 168 Å². The van der Waals surface area contributed by atoms with E-state index in [1.165, 1.54) is 11.3 Å². The lowest BCUT2D eigenvalue weighted by Gasteiger charge is -2.30. The third kappa shape index (κ3) is 3.36. The topological polar surface area (TPSA) is 68.5 Å². The van der Waals surface area contributed by atoms with Crippen LogP contribution in [0.1, 0.15) is 34.3 Å². The Morgan fingerprint density at radius 2 is 2.04 bits per heavy atom. The molecule has 2 heterocycles. The minimum absolute atomic E-state index is 0.00117. The molecule has 0 unspecified atom stereocenters. The normalized spacial score (nSPS) is 13.3. The second-order valence-electron chi connectivity index (χ2n) is 6.80. The van der Waals surface area contributed by atoms with Crippen molar-refractivity contribution >= 4 is 28.6 Å². The number of hydrogen-bond donors (Lipinski definition) is 1. The fraction of sp³-hybridized carbons (Fsp3) is 0.273. The first-order valence-electron chi connectivity index (χ1n) is 9.48. The number of aryl methyl sites for hydroxylation is 1. The van der Waals surface area contributed by atoms with Crippen molar-refractivity contribution in [3.05, 3.63) is 58.6 Å². The Morgan fingerprint density at radius 3 is 2.79 bits per heavy atom. The van der Waals surface area contributed by atoms with Crippen LogP contribution in [0.15, 0.2) is 42.5 Å². The van der Waals surface area contributed by atoms with E-state index in [4.69, 9.17) is 10.5 Å². The first-order valence-corrected chi connectivity index (χ1v) is 10.3. The first-order chi connectivity index (χ1) is 13.6. The van der Waals surface area contributed by atoms with E-state index in [1.54, 1.807) is 0 Å². The number of hydrogen-bond acceptors (Lipinski definition) is 5. The van der Waals surface area contributed by atoms with E-state index in [2.05, 4.69) is 4.98 Å². The second-order valence-corrected chi connectivity index (χ2v) is 7.80. The highest BCUT2D eigenvalue weighted by Gasteiger charge is 2.27. The zero-order chi connectivity index (χ0) is 19.7. The van der Waals surface area contributed by atoms with Gasteiger partial charge in [0.2, 0.25) is 0 Å². The number of benzene rings is 2. The summed E-state index contributed by atoms with van der Waals surface area (Å²) in [6.45, 7) is 5.19. The van der Waals surface area contributed by atoms with Gasteiger partial charge < -0.3 is 15.4 Å². The Balaban J connectivity index is 1.64. The summed E-state index contributed by atoms with van der Waals surface area (Å²) < 4.78 is 5.50. The number of fused-ring (bicyclic) bond motifs is 1. The van der Waals surface area contributed by atoms with Crippen LogP contribution in [0.3, 0.4) is 0 Å². The third-order valence-electron chi connectivity index (χ3n) is 4.94. The van der Waals surface area contributed by atoms with Crippen LogP contribution in [-0.2, 0) is 6.42 Å². The van der Waals surface area contributed by atoms with E-state index >= 15 is 0 Å². The SMILES string of the molecule is CCOc1ccc(-c2nc(C)c(C(=O)N3CCCc4c(N)cccc43)s2)cc1. The van der Waals surface area contributed by atoms with Crippen molar-refractivity contribution in [3.63, 3.8) is 0 Å². The number of rotatable bonds is 4. The lowest BCUT2D eigenvalue weighted by atomic mass is 9.99. The number of nitrogens with zero attached hydrogens (tertiary/aromatic N) is 2. The maximum absolute atomic E-state index is 13.3. The average Bonchev–Trinajstić information content (AvgIpc) is 3.10. The Bertz CT molecular complexity index is 1010. The molecule has 0 aliphatic carbocycles. The molecule has 2 aromatic carbocycles. The van der Waals surface area contributed by atoms with Crippen LogP contribution in [-0.4, -0.2) is 24.0 Å². The van der Waals surface area contributed by atoms with Crippen molar-refractivity contribution in [1.29, 1.82) is 0 Å². The molecule has 0 atom stereocenters. The van der Waals surface area contributed by atoms with Gasteiger partial charge in [-0.15, -0.1) is 11.3 Å². The van der Waals surface area contributed by atoms with Crippen molar-refractivity contribution in [2.75, 3.05) is 23.8 Å². The van der Waals surface area contributed by atoms with Crippen molar-refractivity contribution < 1.29 is 9.53 Å². The van der Waals surface area contributed by atoms with E-state index in [0.717, 1.165) is 51.8 Å². The molecule has 1 aliphatic rings. The standard InChI is InChI=1S/C22H23N3O2S/c1-3-27-16-11-9-15(10-12-16)21-24-14(2)20(28-21)22(26)25-13-5-6-17-18(23)7-4-8-19(17)25/h4,7-12H,3,5-6,13,23H2,1-2H3. The number of amides is 1. The van der Waals surface area contributed by atoms with Crippen LogP contribution in [0.5, 0.6) is 5.75 Å². The molecule has 5 nitrogen and oxygen atoms in total. The second kappa shape index (κ2) is 7.64. The summed E-state index contributed by atoms with van der Waals surface area (Å²) in [5.41, 5.74) is 10.6. The van der Waals surface area contributed by atoms with E-state index in [-0.39, 0.29) is 5.91 Å². The third-order valence-corrected chi connectivity index (χ3v) is 6.13. The Morgan fingerprint density at radius 1 is 1.25 bits per heavy atom. The van der Waals surface area contributed by atoms with Gasteiger partial charge in [0.05, 0.1) is 12.3 Å². The zero-order valence-corrected chi connectivity index (χ0v) is 16.9. The fourth-order valence-corrected chi connectivity index (χ4v) is 4.58. The fourth-order valence-electron chi connectivity index (χ4n) is 3.56. The Hall–Kier alpha value is -2.86. The van der Waals surface area contributed by atoms with Gasteiger partial charge in [-0.3, -0.25) is 4.79 Å². The molecule has 0 bridgehead atoms. The molecular formula is C22H23N3O2S. The summed E-state index contributed by atoms with van der Waals surface area (Å²) in [6.07, 6.45) is 1.82. The van der Waals surface area contributed by atoms with Gasteiger partial charge >= 0.3 is 0 Å². The minimum Gasteiger partial charge on any atom is -0.494 e. The highest BCUT2D eigenvalue weighted by atomic mass is 32.1. The van der Waals surface area contributed by atoms with Crippen molar-refractivity contribution in [1.82, 2.24) is 4.98 Å². The predicted octanol–water partition coefficient (Wildman–Crippen LogP) is 4.69. The van der Waals surface area contributed by atoms with E-state index < -0.39 is 0 Å². The van der Waals surface area contributed by atoms with E-state index in [9.17, 15) is 4.79 Å². The van der Waals surface area contributed by atoms with Crippen LogP contribution in [0.2, 0.25) is 0 Å². The quantitative estimate of drug-likeness (QED) is 0.653. The average molecular weight is 394 g/mol. The van der Waals surface area contributed by atoms with Crippen molar-refractivity contribution in [2.45, 2.75) is 26.7 Å². The van der Waals surface area contributed by atoms with Gasteiger partial charge in [0.25, 0.3) is 5.91 Å². The van der Waals surface area contributed by atoms with Crippen LogP contribution in [0.4, 0.5) is 11.4 Å². The number of ether oxygens (including phenoxy) is 1. The van der Waals surface area contributed by atoms with Gasteiger partial charge in [-0.1, -0.05) is 6.07 Å². The van der Waals surface area contributed by atoms with Crippen molar-refractivity contribution in [2.24, 2.45) is 0 Å². The van der Waals surface area contributed by atoms with Gasteiger partial charge in [-0.05, 0) is 68.7 Å². The van der Waals surface area contributed by atoms with Crippen LogP contribution in [0, 0.1) is 6.92 Å². The number of aromatic nitrogens is 1. The molecule has 1 aromatic heterocycles. The summed E-state index contributed by atoms with van der Waals surface area (Å²) >= 11 is 1.44. The minimum atomic E-state index is -0.00117. The number of thiazole rings is 1. The molecule has 0 radical (unpaired) electrons.